The maximum Gasteiger partial charge on any atom is 0.322 e. The molecule has 2 atom stereocenters. The summed E-state index contributed by atoms with van der Waals surface area (Å²) in [5, 5.41) is 8.88. The summed E-state index contributed by atoms with van der Waals surface area (Å²) in [5.41, 5.74) is 0. The highest BCUT2D eigenvalue weighted by atomic mass is 32.2. The van der Waals surface area contributed by atoms with E-state index in [0.29, 0.717) is 5.75 Å². The van der Waals surface area contributed by atoms with Gasteiger partial charge in [0.1, 0.15) is 6.04 Å². The first-order chi connectivity index (χ1) is 8.92. The fourth-order valence-electron chi connectivity index (χ4n) is 2.97. The minimum atomic E-state index is -3.47. The maximum absolute atomic E-state index is 12.5. The van der Waals surface area contributed by atoms with Gasteiger partial charge in [-0.3, -0.25) is 4.79 Å². The molecule has 0 aromatic carbocycles. The van der Waals surface area contributed by atoms with Crippen LogP contribution in [0.15, 0.2) is 0 Å². The summed E-state index contributed by atoms with van der Waals surface area (Å²) in [6.07, 6.45) is 5.27. The van der Waals surface area contributed by atoms with E-state index in [0.717, 1.165) is 25.7 Å². The molecule has 19 heavy (non-hydrogen) atoms. The molecule has 0 amide bonds. The monoisotopic (exact) mass is 307 g/mol. The summed E-state index contributed by atoms with van der Waals surface area (Å²) in [6.45, 7) is 1.77. The molecule has 1 heterocycles. The number of carbonyl (C=O) groups is 1. The molecule has 0 aromatic heterocycles. The van der Waals surface area contributed by atoms with Crippen LogP contribution in [-0.2, 0) is 14.8 Å². The Morgan fingerprint density at radius 1 is 1.32 bits per heavy atom. The van der Waals surface area contributed by atoms with Crippen LogP contribution >= 0.6 is 11.8 Å². The van der Waals surface area contributed by atoms with Crippen molar-refractivity contribution in [3.63, 3.8) is 0 Å². The summed E-state index contributed by atoms with van der Waals surface area (Å²) in [7, 11) is -3.47. The highest BCUT2D eigenvalue weighted by Gasteiger charge is 2.44. The van der Waals surface area contributed by atoms with E-state index in [1.165, 1.54) is 22.5 Å². The second-order valence-electron chi connectivity index (χ2n) is 5.40. The number of aliphatic carboxylic acids is 1. The number of nitrogens with zero attached hydrogens (tertiary/aromatic N) is 1. The van der Waals surface area contributed by atoms with Crippen molar-refractivity contribution < 1.29 is 18.3 Å². The third kappa shape index (κ3) is 3.44. The summed E-state index contributed by atoms with van der Waals surface area (Å²) >= 11 is 1.40. The molecule has 2 fully saturated rings. The first kappa shape index (κ1) is 15.1. The van der Waals surface area contributed by atoms with Gasteiger partial charge in [-0.25, -0.2) is 8.42 Å². The number of carboxylic acid groups (broad SMARTS) is 1. The Hall–Kier alpha value is -0.270. The van der Waals surface area contributed by atoms with Crippen LogP contribution in [0.25, 0.3) is 0 Å². The summed E-state index contributed by atoms with van der Waals surface area (Å²) < 4.78 is 26.2. The van der Waals surface area contributed by atoms with Crippen molar-refractivity contribution >= 4 is 27.8 Å². The van der Waals surface area contributed by atoms with E-state index >= 15 is 0 Å². The standard InChI is InChI=1S/C12H21NO4S2/c1-9-13(11(7-18-9)12(14)15)19(16,17)8-10-5-3-2-4-6-10/h9-11H,2-8H2,1H3,(H,14,15). The van der Waals surface area contributed by atoms with Crippen LogP contribution in [0.3, 0.4) is 0 Å². The van der Waals surface area contributed by atoms with Crippen LogP contribution in [0.4, 0.5) is 0 Å². The van der Waals surface area contributed by atoms with Crippen molar-refractivity contribution in [2.45, 2.75) is 50.4 Å². The molecule has 1 saturated heterocycles. The molecule has 7 heteroatoms. The average molecular weight is 307 g/mol. The van der Waals surface area contributed by atoms with E-state index in [2.05, 4.69) is 0 Å². The Kier molecular flexibility index (Phi) is 4.79. The lowest BCUT2D eigenvalue weighted by Crippen LogP contribution is -2.46. The van der Waals surface area contributed by atoms with Crippen molar-refractivity contribution in [1.82, 2.24) is 4.31 Å². The highest BCUT2D eigenvalue weighted by molar-refractivity contribution is 8.01. The van der Waals surface area contributed by atoms with E-state index in [-0.39, 0.29) is 17.0 Å². The van der Waals surface area contributed by atoms with Crippen LogP contribution in [0.2, 0.25) is 0 Å². The summed E-state index contributed by atoms with van der Waals surface area (Å²) in [6, 6.07) is -0.895. The molecule has 1 aliphatic carbocycles. The van der Waals surface area contributed by atoms with E-state index in [1.54, 1.807) is 6.92 Å². The number of carboxylic acids is 1. The summed E-state index contributed by atoms with van der Waals surface area (Å²) in [4.78, 5) is 11.2. The molecule has 2 rings (SSSR count). The smallest absolute Gasteiger partial charge is 0.322 e. The molecule has 0 spiro atoms. The maximum atomic E-state index is 12.5. The fourth-order valence-corrected chi connectivity index (χ4v) is 6.80. The van der Waals surface area contributed by atoms with Gasteiger partial charge < -0.3 is 5.11 Å². The van der Waals surface area contributed by atoms with Crippen molar-refractivity contribution in [2.24, 2.45) is 5.92 Å². The summed E-state index contributed by atoms with van der Waals surface area (Å²) in [5.74, 6) is -0.378. The van der Waals surface area contributed by atoms with Gasteiger partial charge in [-0.15, -0.1) is 11.8 Å². The van der Waals surface area contributed by atoms with Crippen molar-refractivity contribution in [1.29, 1.82) is 0 Å². The third-order valence-electron chi connectivity index (χ3n) is 3.94. The number of sulfonamides is 1. The number of hydrogen-bond donors (Lipinski definition) is 1. The second-order valence-corrected chi connectivity index (χ2v) is 8.67. The highest BCUT2D eigenvalue weighted by Crippen LogP contribution is 2.34. The molecule has 1 N–H and O–H groups in total. The molecule has 110 valence electrons. The van der Waals surface area contributed by atoms with Gasteiger partial charge >= 0.3 is 5.97 Å². The molecule has 2 aliphatic rings. The normalized spacial score (nSPS) is 30.6. The minimum absolute atomic E-state index is 0.113. The number of hydrogen-bond acceptors (Lipinski definition) is 4. The quantitative estimate of drug-likeness (QED) is 0.856. The predicted molar refractivity (Wildman–Crippen MR) is 75.5 cm³/mol. The van der Waals surface area contributed by atoms with E-state index < -0.39 is 22.0 Å². The number of thioether (sulfide) groups is 1. The largest absolute Gasteiger partial charge is 0.480 e. The van der Waals surface area contributed by atoms with Gasteiger partial charge in [0.25, 0.3) is 0 Å². The van der Waals surface area contributed by atoms with Crippen LogP contribution in [0.1, 0.15) is 39.0 Å². The Balaban J connectivity index is 2.10. The Morgan fingerprint density at radius 3 is 2.53 bits per heavy atom. The van der Waals surface area contributed by atoms with Gasteiger partial charge in [0.2, 0.25) is 10.0 Å². The van der Waals surface area contributed by atoms with Crippen LogP contribution in [-0.4, -0.2) is 46.7 Å². The van der Waals surface area contributed by atoms with Crippen LogP contribution < -0.4 is 0 Å². The lowest BCUT2D eigenvalue weighted by molar-refractivity contribution is -0.140. The molecule has 5 nitrogen and oxygen atoms in total. The van der Waals surface area contributed by atoms with Crippen molar-refractivity contribution in [3.05, 3.63) is 0 Å². The second kappa shape index (κ2) is 6.01. The lowest BCUT2D eigenvalue weighted by atomic mass is 9.91. The first-order valence-corrected chi connectivity index (χ1v) is 9.43. The molecule has 2 unspecified atom stereocenters. The van der Waals surface area contributed by atoms with Gasteiger partial charge in [-0.1, -0.05) is 19.3 Å². The van der Waals surface area contributed by atoms with E-state index in [1.807, 2.05) is 0 Å². The zero-order valence-corrected chi connectivity index (χ0v) is 12.8. The fraction of sp³-hybridized carbons (Fsp3) is 0.917. The third-order valence-corrected chi connectivity index (χ3v) is 7.40. The Morgan fingerprint density at radius 2 is 1.95 bits per heavy atom. The Labute approximate surface area is 118 Å². The SMILES string of the molecule is CC1SCC(C(=O)O)N1S(=O)(=O)CC1CCCCC1. The molecular weight excluding hydrogens is 286 g/mol. The molecule has 0 aromatic rings. The molecular formula is C12H21NO4S2. The zero-order valence-electron chi connectivity index (χ0n) is 11.1. The zero-order chi connectivity index (χ0) is 14.0. The van der Waals surface area contributed by atoms with Crippen LogP contribution in [0.5, 0.6) is 0 Å². The van der Waals surface area contributed by atoms with Gasteiger partial charge in [0, 0.05) is 5.75 Å². The van der Waals surface area contributed by atoms with E-state index in [9.17, 15) is 13.2 Å². The molecule has 0 bridgehead atoms. The first-order valence-electron chi connectivity index (χ1n) is 6.77. The predicted octanol–water partition coefficient (Wildman–Crippen LogP) is 1.74. The van der Waals surface area contributed by atoms with Crippen LogP contribution in [0, 0.1) is 5.92 Å². The average Bonchev–Trinajstić information content (AvgIpc) is 2.73. The van der Waals surface area contributed by atoms with E-state index in [4.69, 9.17) is 5.11 Å². The topological polar surface area (TPSA) is 74.7 Å². The van der Waals surface area contributed by atoms with Gasteiger partial charge in [0.15, 0.2) is 0 Å². The molecule has 1 saturated carbocycles. The van der Waals surface area contributed by atoms with Crippen molar-refractivity contribution in [3.8, 4) is 0 Å². The Bertz CT molecular complexity index is 431. The van der Waals surface area contributed by atoms with Gasteiger partial charge in [0.05, 0.1) is 11.1 Å². The van der Waals surface area contributed by atoms with Gasteiger partial charge in [-0.2, -0.15) is 4.31 Å². The molecule has 0 radical (unpaired) electrons. The number of rotatable bonds is 4. The minimum Gasteiger partial charge on any atom is -0.480 e. The lowest BCUT2D eigenvalue weighted by Gasteiger charge is -2.28. The van der Waals surface area contributed by atoms with Crippen molar-refractivity contribution in [2.75, 3.05) is 11.5 Å². The van der Waals surface area contributed by atoms with Gasteiger partial charge in [-0.05, 0) is 25.7 Å². The molecule has 1 aliphatic heterocycles.